The van der Waals surface area contributed by atoms with E-state index in [0.717, 1.165) is 36.8 Å². The molecule has 0 atom stereocenters. The zero-order valence-electron chi connectivity index (χ0n) is 17.5. The fraction of sp³-hybridized carbons (Fsp3) is 0.333. The lowest BCUT2D eigenvalue weighted by molar-refractivity contribution is 0.102. The molecule has 2 heterocycles. The zero-order valence-corrected chi connectivity index (χ0v) is 18.3. The van der Waals surface area contributed by atoms with Gasteiger partial charge in [0.2, 0.25) is 0 Å². The van der Waals surface area contributed by atoms with Gasteiger partial charge in [0.1, 0.15) is 0 Å². The summed E-state index contributed by atoms with van der Waals surface area (Å²) in [5.41, 5.74) is 3.01. The number of piperidine rings is 1. The van der Waals surface area contributed by atoms with Gasteiger partial charge in [-0.3, -0.25) is 9.78 Å². The largest absolute Gasteiger partial charge is 0.371 e. The van der Waals surface area contributed by atoms with E-state index in [9.17, 15) is 13.2 Å². The number of fused-ring (bicyclic) bond motifs is 1. The molecule has 1 aromatic heterocycles. The SMILES string of the molecule is CS(=O)(=O)c1ccc(C(=O)Nc2cccc3cccnc23)c(N2CCC3(CC2)CC3)c1. The standard InChI is InChI=1S/C24H25N3O3S/c1-31(29,30)18-7-8-19(21(16-18)27-14-11-24(9-10-24)12-15-27)23(28)26-20-6-2-4-17-5-3-13-25-22(17)20/h2-8,13,16H,9-12,14-15H2,1H3,(H,26,28). The van der Waals surface area contributed by atoms with E-state index in [1.165, 1.54) is 25.2 Å². The van der Waals surface area contributed by atoms with Crippen molar-refractivity contribution in [2.24, 2.45) is 5.41 Å². The number of rotatable bonds is 4. The smallest absolute Gasteiger partial charge is 0.257 e. The van der Waals surface area contributed by atoms with Crippen LogP contribution in [-0.4, -0.2) is 38.7 Å². The quantitative estimate of drug-likeness (QED) is 0.662. The van der Waals surface area contributed by atoms with Crippen LogP contribution in [-0.2, 0) is 9.84 Å². The maximum absolute atomic E-state index is 13.3. The minimum Gasteiger partial charge on any atom is -0.371 e. The first-order valence-corrected chi connectivity index (χ1v) is 12.5. The number of aromatic nitrogens is 1. The highest BCUT2D eigenvalue weighted by atomic mass is 32.2. The predicted molar refractivity (Wildman–Crippen MR) is 122 cm³/mol. The molecule has 2 aromatic carbocycles. The Morgan fingerprint density at radius 3 is 2.48 bits per heavy atom. The second kappa shape index (κ2) is 7.34. The summed E-state index contributed by atoms with van der Waals surface area (Å²) in [5, 5.41) is 3.93. The number of benzene rings is 2. The lowest BCUT2D eigenvalue weighted by Crippen LogP contribution is -2.35. The third-order valence-electron chi connectivity index (χ3n) is 6.64. The Bertz CT molecular complexity index is 1270. The highest BCUT2D eigenvalue weighted by Gasteiger charge is 2.44. The summed E-state index contributed by atoms with van der Waals surface area (Å²) in [4.78, 5) is 20.1. The van der Waals surface area contributed by atoms with Crippen molar-refractivity contribution in [2.45, 2.75) is 30.6 Å². The number of carbonyl (C=O) groups excluding carboxylic acids is 1. The molecule has 31 heavy (non-hydrogen) atoms. The van der Waals surface area contributed by atoms with Gasteiger partial charge in [-0.25, -0.2) is 8.42 Å². The molecule has 0 radical (unpaired) electrons. The average molecular weight is 436 g/mol. The Kier molecular flexibility index (Phi) is 4.73. The van der Waals surface area contributed by atoms with Gasteiger partial charge in [-0.15, -0.1) is 0 Å². The van der Waals surface area contributed by atoms with E-state index < -0.39 is 9.84 Å². The summed E-state index contributed by atoms with van der Waals surface area (Å²) in [6, 6.07) is 14.3. The molecule has 1 spiro atoms. The van der Waals surface area contributed by atoms with Gasteiger partial charge >= 0.3 is 0 Å². The Morgan fingerprint density at radius 1 is 1.03 bits per heavy atom. The van der Waals surface area contributed by atoms with Gasteiger partial charge < -0.3 is 10.2 Å². The van der Waals surface area contributed by atoms with Crippen LogP contribution >= 0.6 is 0 Å². The fourth-order valence-corrected chi connectivity index (χ4v) is 5.13. The maximum Gasteiger partial charge on any atom is 0.257 e. The average Bonchev–Trinajstić information content (AvgIpc) is 3.52. The van der Waals surface area contributed by atoms with Crippen molar-refractivity contribution in [3.8, 4) is 0 Å². The van der Waals surface area contributed by atoms with Crippen molar-refractivity contribution in [1.29, 1.82) is 0 Å². The molecule has 5 rings (SSSR count). The van der Waals surface area contributed by atoms with E-state index in [2.05, 4.69) is 15.2 Å². The number of amides is 1. The molecule has 1 aliphatic heterocycles. The Morgan fingerprint density at radius 2 is 1.77 bits per heavy atom. The van der Waals surface area contributed by atoms with Crippen molar-refractivity contribution in [1.82, 2.24) is 4.98 Å². The normalized spacial score (nSPS) is 17.6. The number of carbonyl (C=O) groups is 1. The lowest BCUT2D eigenvalue weighted by atomic mass is 9.93. The van der Waals surface area contributed by atoms with Crippen LogP contribution < -0.4 is 10.2 Å². The molecule has 0 unspecified atom stereocenters. The molecule has 0 bridgehead atoms. The highest BCUT2D eigenvalue weighted by Crippen LogP contribution is 2.54. The second-order valence-electron chi connectivity index (χ2n) is 8.77. The van der Waals surface area contributed by atoms with E-state index in [-0.39, 0.29) is 10.8 Å². The minimum absolute atomic E-state index is 0.234. The molecule has 3 aromatic rings. The number of hydrogen-bond acceptors (Lipinski definition) is 5. The molecule has 1 amide bonds. The highest BCUT2D eigenvalue weighted by molar-refractivity contribution is 7.90. The first-order chi connectivity index (χ1) is 14.8. The van der Waals surface area contributed by atoms with Crippen molar-refractivity contribution in [2.75, 3.05) is 29.6 Å². The molecule has 2 aliphatic rings. The van der Waals surface area contributed by atoms with Crippen LogP contribution in [0.5, 0.6) is 0 Å². The Hall–Kier alpha value is -2.93. The van der Waals surface area contributed by atoms with Crippen LogP contribution in [0.4, 0.5) is 11.4 Å². The molecule has 160 valence electrons. The maximum atomic E-state index is 13.3. The van der Waals surface area contributed by atoms with Gasteiger partial charge in [0.25, 0.3) is 5.91 Å². The van der Waals surface area contributed by atoms with Crippen LogP contribution in [0.25, 0.3) is 10.9 Å². The van der Waals surface area contributed by atoms with Crippen LogP contribution in [0.3, 0.4) is 0 Å². The predicted octanol–water partition coefficient (Wildman–Crippen LogP) is 4.27. The van der Waals surface area contributed by atoms with Crippen molar-refractivity contribution < 1.29 is 13.2 Å². The molecular weight excluding hydrogens is 410 g/mol. The first kappa shape index (κ1) is 20.0. The van der Waals surface area contributed by atoms with Crippen molar-refractivity contribution in [3.05, 3.63) is 60.3 Å². The summed E-state index contributed by atoms with van der Waals surface area (Å²) in [6.45, 7) is 1.67. The topological polar surface area (TPSA) is 79.4 Å². The molecule has 1 N–H and O–H groups in total. The summed E-state index contributed by atoms with van der Waals surface area (Å²) in [7, 11) is -3.37. The summed E-state index contributed by atoms with van der Waals surface area (Å²) in [5.74, 6) is -0.264. The van der Waals surface area contributed by atoms with Gasteiger partial charge in [0.05, 0.1) is 27.4 Å². The van der Waals surface area contributed by atoms with E-state index in [0.29, 0.717) is 22.4 Å². The number of nitrogens with zero attached hydrogens (tertiary/aromatic N) is 2. The minimum atomic E-state index is -3.37. The molecule has 2 fully saturated rings. The number of anilines is 2. The molecule has 1 saturated heterocycles. The van der Waals surface area contributed by atoms with Crippen molar-refractivity contribution in [3.63, 3.8) is 0 Å². The summed E-state index contributed by atoms with van der Waals surface area (Å²) < 4.78 is 24.3. The van der Waals surface area contributed by atoms with Gasteiger partial charge in [0, 0.05) is 30.9 Å². The summed E-state index contributed by atoms with van der Waals surface area (Å²) >= 11 is 0. The molecular formula is C24H25N3O3S. The van der Waals surface area contributed by atoms with Crippen LogP contribution in [0.15, 0.2) is 59.6 Å². The van der Waals surface area contributed by atoms with E-state index in [1.54, 1.807) is 18.3 Å². The number of hydrogen-bond donors (Lipinski definition) is 1. The number of nitrogens with one attached hydrogen (secondary N) is 1. The molecule has 1 saturated carbocycles. The fourth-order valence-electron chi connectivity index (χ4n) is 4.49. The van der Waals surface area contributed by atoms with Gasteiger partial charge in [0.15, 0.2) is 9.84 Å². The molecule has 1 aliphatic carbocycles. The van der Waals surface area contributed by atoms with Crippen LogP contribution in [0.1, 0.15) is 36.0 Å². The number of para-hydroxylation sites is 1. The second-order valence-corrected chi connectivity index (χ2v) is 10.8. The monoisotopic (exact) mass is 435 g/mol. The Labute approximate surface area is 182 Å². The first-order valence-electron chi connectivity index (χ1n) is 10.6. The van der Waals surface area contributed by atoms with E-state index in [1.807, 2.05) is 30.3 Å². The van der Waals surface area contributed by atoms with E-state index >= 15 is 0 Å². The van der Waals surface area contributed by atoms with Crippen LogP contribution in [0.2, 0.25) is 0 Å². The third kappa shape index (κ3) is 3.90. The number of sulfone groups is 1. The lowest BCUT2D eigenvalue weighted by Gasteiger charge is -2.35. The molecule has 7 heteroatoms. The van der Waals surface area contributed by atoms with Gasteiger partial charge in [-0.2, -0.15) is 0 Å². The number of pyridine rings is 1. The third-order valence-corrected chi connectivity index (χ3v) is 7.76. The Balaban J connectivity index is 1.50. The zero-order chi connectivity index (χ0) is 21.6. The van der Waals surface area contributed by atoms with E-state index in [4.69, 9.17) is 0 Å². The van der Waals surface area contributed by atoms with Gasteiger partial charge in [-0.1, -0.05) is 18.2 Å². The molecule has 6 nitrogen and oxygen atoms in total. The summed E-state index contributed by atoms with van der Waals surface area (Å²) in [6.07, 6.45) is 7.64. The van der Waals surface area contributed by atoms with Crippen LogP contribution in [0, 0.1) is 5.41 Å². The van der Waals surface area contributed by atoms with Gasteiger partial charge in [-0.05, 0) is 61.4 Å². The van der Waals surface area contributed by atoms with Crippen molar-refractivity contribution >= 4 is 38.0 Å².